The molecular formula is C10H8ClFN4OS. The van der Waals surface area contributed by atoms with Gasteiger partial charge in [0.2, 0.25) is 5.95 Å². The number of carbonyl (C=O) groups is 1. The van der Waals surface area contributed by atoms with Gasteiger partial charge in [0, 0.05) is 0 Å². The first-order valence-corrected chi connectivity index (χ1v) is 6.06. The zero-order chi connectivity index (χ0) is 13.1. The van der Waals surface area contributed by atoms with Crippen molar-refractivity contribution in [2.75, 3.05) is 5.43 Å². The first-order valence-electron chi connectivity index (χ1n) is 4.87. The molecule has 0 aliphatic rings. The Bertz CT molecular complexity index is 572. The van der Waals surface area contributed by atoms with Crippen LogP contribution in [0.4, 0.5) is 10.1 Å². The molecule has 0 spiro atoms. The van der Waals surface area contributed by atoms with Gasteiger partial charge in [0.05, 0.1) is 17.6 Å². The fourth-order valence-electron chi connectivity index (χ4n) is 1.21. The first-order chi connectivity index (χ1) is 8.56. The maximum absolute atomic E-state index is 12.6. The maximum atomic E-state index is 12.6. The van der Waals surface area contributed by atoms with E-state index in [1.807, 2.05) is 0 Å². The molecule has 2 heterocycles. The van der Waals surface area contributed by atoms with Crippen molar-refractivity contribution in [3.63, 3.8) is 0 Å². The number of amides is 1. The van der Waals surface area contributed by atoms with E-state index in [0.717, 1.165) is 11.3 Å². The number of hydrogen-bond donors (Lipinski definition) is 2. The van der Waals surface area contributed by atoms with Gasteiger partial charge < -0.3 is 0 Å². The van der Waals surface area contributed by atoms with E-state index in [4.69, 9.17) is 11.6 Å². The van der Waals surface area contributed by atoms with Crippen LogP contribution >= 0.6 is 22.9 Å². The van der Waals surface area contributed by atoms with Crippen molar-refractivity contribution in [1.29, 1.82) is 0 Å². The number of thiazole rings is 1. The quantitative estimate of drug-likeness (QED) is 0.672. The monoisotopic (exact) mass is 286 g/mol. The van der Waals surface area contributed by atoms with Crippen LogP contribution in [-0.2, 0) is 0 Å². The number of carbonyl (C=O) groups excluding carboxylic acids is 1. The number of hydrogen-bond acceptors (Lipinski definition) is 5. The van der Waals surface area contributed by atoms with Crippen LogP contribution in [-0.4, -0.2) is 15.9 Å². The minimum Gasteiger partial charge on any atom is -0.297 e. The molecule has 0 fully saturated rings. The third-order valence-corrected chi connectivity index (χ3v) is 3.29. The average molecular weight is 287 g/mol. The molecule has 2 aromatic heterocycles. The lowest BCUT2D eigenvalue weighted by molar-refractivity contribution is 0.0966. The molecule has 0 aliphatic carbocycles. The van der Waals surface area contributed by atoms with E-state index >= 15 is 0 Å². The SMILES string of the molecule is Cc1nc(Cl)sc1C(=O)NNc1ccc(F)nc1. The van der Waals surface area contributed by atoms with E-state index in [0.29, 0.717) is 20.7 Å². The second-order valence-electron chi connectivity index (χ2n) is 3.33. The Morgan fingerprint density at radius 1 is 1.50 bits per heavy atom. The van der Waals surface area contributed by atoms with Gasteiger partial charge in [0.15, 0.2) is 4.47 Å². The van der Waals surface area contributed by atoms with Crippen molar-refractivity contribution >= 4 is 34.5 Å². The number of aromatic nitrogens is 2. The Morgan fingerprint density at radius 3 is 2.83 bits per heavy atom. The number of pyridine rings is 1. The summed E-state index contributed by atoms with van der Waals surface area (Å²) in [7, 11) is 0. The number of aryl methyl sites for hydroxylation is 1. The summed E-state index contributed by atoms with van der Waals surface area (Å²) in [4.78, 5) is 19.6. The Morgan fingerprint density at radius 2 is 2.28 bits per heavy atom. The van der Waals surface area contributed by atoms with Crippen molar-refractivity contribution in [3.05, 3.63) is 39.3 Å². The molecule has 1 amide bonds. The molecule has 0 atom stereocenters. The van der Waals surface area contributed by atoms with E-state index in [1.54, 1.807) is 6.92 Å². The summed E-state index contributed by atoms with van der Waals surface area (Å²) in [6, 6.07) is 2.64. The lowest BCUT2D eigenvalue weighted by Crippen LogP contribution is -2.29. The van der Waals surface area contributed by atoms with E-state index in [9.17, 15) is 9.18 Å². The standard InChI is InChI=1S/C10H8ClFN4OS/c1-5-8(18-10(11)14-5)9(17)16-15-6-2-3-7(12)13-4-6/h2-4,15H,1H3,(H,16,17). The third-order valence-electron chi connectivity index (χ3n) is 2.02. The van der Waals surface area contributed by atoms with Gasteiger partial charge in [-0.3, -0.25) is 15.6 Å². The molecule has 0 bridgehead atoms. The van der Waals surface area contributed by atoms with Crippen LogP contribution in [0.25, 0.3) is 0 Å². The molecular weight excluding hydrogens is 279 g/mol. The summed E-state index contributed by atoms with van der Waals surface area (Å²) in [5.74, 6) is -0.946. The Hall–Kier alpha value is -1.73. The predicted octanol–water partition coefficient (Wildman–Crippen LogP) is 2.40. The number of anilines is 1. The molecule has 0 unspecified atom stereocenters. The van der Waals surface area contributed by atoms with Crippen molar-refractivity contribution < 1.29 is 9.18 Å². The second kappa shape index (κ2) is 5.28. The predicted molar refractivity (Wildman–Crippen MR) is 67.1 cm³/mol. The van der Waals surface area contributed by atoms with Gasteiger partial charge in [-0.05, 0) is 19.1 Å². The molecule has 0 aliphatic heterocycles. The number of rotatable bonds is 3. The number of nitrogens with zero attached hydrogens (tertiary/aromatic N) is 2. The lowest BCUT2D eigenvalue weighted by Gasteiger charge is -2.06. The van der Waals surface area contributed by atoms with Crippen molar-refractivity contribution in [2.45, 2.75) is 6.92 Å². The highest BCUT2D eigenvalue weighted by Crippen LogP contribution is 2.21. The zero-order valence-electron chi connectivity index (χ0n) is 9.20. The highest BCUT2D eigenvalue weighted by Gasteiger charge is 2.14. The highest BCUT2D eigenvalue weighted by atomic mass is 35.5. The third kappa shape index (κ3) is 2.93. The molecule has 0 saturated carbocycles. The van der Waals surface area contributed by atoms with Gasteiger partial charge in [-0.25, -0.2) is 9.97 Å². The average Bonchev–Trinajstić information content (AvgIpc) is 2.67. The molecule has 94 valence electrons. The fraction of sp³-hybridized carbons (Fsp3) is 0.100. The summed E-state index contributed by atoms with van der Waals surface area (Å²) in [6.45, 7) is 1.69. The highest BCUT2D eigenvalue weighted by molar-refractivity contribution is 7.17. The van der Waals surface area contributed by atoms with E-state index in [1.165, 1.54) is 18.3 Å². The summed E-state index contributed by atoms with van der Waals surface area (Å²) in [5, 5.41) is 0. The van der Waals surface area contributed by atoms with Crippen LogP contribution in [0.1, 0.15) is 15.4 Å². The van der Waals surface area contributed by atoms with Gasteiger partial charge >= 0.3 is 0 Å². The Kier molecular flexibility index (Phi) is 3.73. The summed E-state index contributed by atoms with van der Waals surface area (Å²) < 4.78 is 12.9. The van der Waals surface area contributed by atoms with Gasteiger partial charge in [-0.15, -0.1) is 0 Å². The Balaban J connectivity index is 2.00. The van der Waals surface area contributed by atoms with Crippen LogP contribution < -0.4 is 10.9 Å². The zero-order valence-corrected chi connectivity index (χ0v) is 10.8. The smallest absolute Gasteiger partial charge is 0.281 e. The van der Waals surface area contributed by atoms with Gasteiger partial charge in [-0.2, -0.15) is 4.39 Å². The fourth-order valence-corrected chi connectivity index (χ4v) is 2.26. The van der Waals surface area contributed by atoms with Gasteiger partial charge in [-0.1, -0.05) is 22.9 Å². The molecule has 5 nitrogen and oxygen atoms in total. The number of halogens is 2. The summed E-state index contributed by atoms with van der Waals surface area (Å²) >= 11 is 6.79. The molecule has 0 aromatic carbocycles. The maximum Gasteiger partial charge on any atom is 0.281 e. The van der Waals surface area contributed by atoms with Crippen LogP contribution in [0.5, 0.6) is 0 Å². The second-order valence-corrected chi connectivity index (χ2v) is 4.91. The van der Waals surface area contributed by atoms with E-state index in [-0.39, 0.29) is 5.91 Å². The van der Waals surface area contributed by atoms with Crippen molar-refractivity contribution in [2.24, 2.45) is 0 Å². The van der Waals surface area contributed by atoms with Crippen molar-refractivity contribution in [3.8, 4) is 0 Å². The molecule has 18 heavy (non-hydrogen) atoms. The molecule has 8 heteroatoms. The number of hydrazine groups is 1. The van der Waals surface area contributed by atoms with Crippen molar-refractivity contribution in [1.82, 2.24) is 15.4 Å². The summed E-state index contributed by atoms with van der Waals surface area (Å²) in [5.41, 5.74) is 6.09. The van der Waals surface area contributed by atoms with Gasteiger partial charge in [0.25, 0.3) is 5.91 Å². The van der Waals surface area contributed by atoms with E-state index in [2.05, 4.69) is 20.8 Å². The molecule has 2 aromatic rings. The largest absolute Gasteiger partial charge is 0.297 e. The van der Waals surface area contributed by atoms with Crippen LogP contribution in [0, 0.1) is 12.9 Å². The summed E-state index contributed by atoms with van der Waals surface area (Å²) in [6.07, 6.45) is 1.27. The van der Waals surface area contributed by atoms with E-state index < -0.39 is 5.95 Å². The van der Waals surface area contributed by atoms with Crippen LogP contribution in [0.15, 0.2) is 18.3 Å². The minimum absolute atomic E-state index is 0.307. The topological polar surface area (TPSA) is 66.9 Å². The Labute approximate surface area is 111 Å². The molecule has 2 N–H and O–H groups in total. The minimum atomic E-state index is -0.586. The lowest BCUT2D eigenvalue weighted by atomic mass is 10.4. The number of nitrogens with one attached hydrogen (secondary N) is 2. The first kappa shape index (κ1) is 12.7. The molecule has 0 saturated heterocycles. The van der Waals surface area contributed by atoms with Gasteiger partial charge in [0.1, 0.15) is 4.88 Å². The molecule has 0 radical (unpaired) electrons. The van der Waals surface area contributed by atoms with Crippen LogP contribution in [0.2, 0.25) is 4.47 Å². The van der Waals surface area contributed by atoms with Crippen LogP contribution in [0.3, 0.4) is 0 Å². The molecule has 2 rings (SSSR count). The normalized spacial score (nSPS) is 10.2.